The molecule has 1 aromatic carbocycles. The minimum absolute atomic E-state index is 0.102. The van der Waals surface area contributed by atoms with Gasteiger partial charge in [-0.05, 0) is 18.6 Å². The Morgan fingerprint density at radius 2 is 2.41 bits per heavy atom. The van der Waals surface area contributed by atoms with E-state index >= 15 is 0 Å². The molecule has 0 saturated heterocycles. The van der Waals surface area contributed by atoms with E-state index in [9.17, 15) is 4.79 Å². The van der Waals surface area contributed by atoms with E-state index in [1.54, 1.807) is 11.6 Å². The van der Waals surface area contributed by atoms with Gasteiger partial charge in [-0.3, -0.25) is 4.79 Å². The SMILES string of the molecule is CCC(Br)C(=O)Nc1c(Cl)ccc2scnc12. The first-order chi connectivity index (χ1) is 8.13. The molecule has 90 valence electrons. The number of anilines is 1. The van der Waals surface area contributed by atoms with E-state index in [1.165, 1.54) is 11.3 Å². The van der Waals surface area contributed by atoms with Crippen LogP contribution in [0, 0.1) is 0 Å². The van der Waals surface area contributed by atoms with Gasteiger partial charge in [-0.1, -0.05) is 34.5 Å². The Balaban J connectivity index is 2.37. The van der Waals surface area contributed by atoms with E-state index in [2.05, 4.69) is 26.2 Å². The molecular formula is C11H10BrClN2OS. The van der Waals surface area contributed by atoms with Gasteiger partial charge in [0.1, 0.15) is 5.52 Å². The quantitative estimate of drug-likeness (QED) is 0.861. The minimum atomic E-state index is -0.215. The molecule has 0 aliphatic rings. The standard InChI is InChI=1S/C11H10BrClN2OS/c1-2-6(12)11(16)15-9-7(13)3-4-8-10(9)14-5-17-8/h3-6H,2H2,1H3,(H,15,16). The zero-order valence-corrected chi connectivity index (χ0v) is 12.2. The summed E-state index contributed by atoms with van der Waals surface area (Å²) in [6.45, 7) is 1.93. The fourth-order valence-corrected chi connectivity index (χ4v) is 2.41. The number of amides is 1. The molecule has 0 aliphatic carbocycles. The average molecular weight is 334 g/mol. The van der Waals surface area contributed by atoms with Crippen molar-refractivity contribution in [3.8, 4) is 0 Å². The number of nitrogens with zero attached hydrogens (tertiary/aromatic N) is 1. The van der Waals surface area contributed by atoms with Crippen LogP contribution in [0.25, 0.3) is 10.2 Å². The summed E-state index contributed by atoms with van der Waals surface area (Å²) in [5.74, 6) is -0.102. The Morgan fingerprint density at radius 3 is 3.12 bits per heavy atom. The molecule has 0 aliphatic heterocycles. The van der Waals surface area contributed by atoms with Crippen LogP contribution in [0.15, 0.2) is 17.6 Å². The molecule has 0 fully saturated rings. The summed E-state index contributed by atoms with van der Waals surface area (Å²) in [7, 11) is 0. The maximum absolute atomic E-state index is 11.8. The van der Waals surface area contributed by atoms with Gasteiger partial charge in [-0.25, -0.2) is 4.98 Å². The molecular weight excluding hydrogens is 324 g/mol. The second-order valence-corrected chi connectivity index (χ2v) is 5.89. The number of benzene rings is 1. The number of carbonyl (C=O) groups is 1. The molecule has 1 N–H and O–H groups in total. The highest BCUT2D eigenvalue weighted by Gasteiger charge is 2.16. The number of carbonyl (C=O) groups excluding carboxylic acids is 1. The predicted molar refractivity (Wildman–Crippen MR) is 76.3 cm³/mol. The molecule has 1 unspecified atom stereocenters. The molecule has 0 saturated carbocycles. The first-order valence-electron chi connectivity index (χ1n) is 5.10. The lowest BCUT2D eigenvalue weighted by Gasteiger charge is -2.10. The largest absolute Gasteiger partial charge is 0.322 e. The third kappa shape index (κ3) is 2.61. The Bertz CT molecular complexity index is 557. The molecule has 1 aromatic heterocycles. The molecule has 1 atom stereocenters. The predicted octanol–water partition coefficient (Wildman–Crippen LogP) is 4.06. The van der Waals surface area contributed by atoms with Crippen LogP contribution in [-0.2, 0) is 4.79 Å². The van der Waals surface area contributed by atoms with Gasteiger partial charge in [-0.2, -0.15) is 0 Å². The Kier molecular flexibility index (Phi) is 4.01. The molecule has 0 bridgehead atoms. The van der Waals surface area contributed by atoms with Crippen molar-refractivity contribution in [1.29, 1.82) is 0 Å². The number of thiazole rings is 1. The second kappa shape index (κ2) is 5.33. The Labute approximate surface area is 116 Å². The highest BCUT2D eigenvalue weighted by Crippen LogP contribution is 2.32. The van der Waals surface area contributed by atoms with Crippen LogP contribution in [0.1, 0.15) is 13.3 Å². The molecule has 1 heterocycles. The summed E-state index contributed by atoms with van der Waals surface area (Å²) in [4.78, 5) is 15.8. The summed E-state index contributed by atoms with van der Waals surface area (Å²) in [5, 5.41) is 3.32. The van der Waals surface area contributed by atoms with Crippen LogP contribution in [0.3, 0.4) is 0 Å². The minimum Gasteiger partial charge on any atom is -0.322 e. The van der Waals surface area contributed by atoms with Gasteiger partial charge >= 0.3 is 0 Å². The normalized spacial score (nSPS) is 12.6. The lowest BCUT2D eigenvalue weighted by molar-refractivity contribution is -0.115. The fourth-order valence-electron chi connectivity index (χ4n) is 1.41. The van der Waals surface area contributed by atoms with E-state index < -0.39 is 0 Å². The monoisotopic (exact) mass is 332 g/mol. The van der Waals surface area contributed by atoms with Crippen molar-refractivity contribution in [2.75, 3.05) is 5.32 Å². The third-order valence-corrected chi connectivity index (χ3v) is 4.52. The maximum Gasteiger partial charge on any atom is 0.238 e. The number of alkyl halides is 1. The topological polar surface area (TPSA) is 42.0 Å². The Morgan fingerprint density at radius 1 is 1.65 bits per heavy atom. The van der Waals surface area contributed by atoms with Crippen molar-refractivity contribution < 1.29 is 4.79 Å². The molecule has 17 heavy (non-hydrogen) atoms. The van der Waals surface area contributed by atoms with Crippen LogP contribution in [-0.4, -0.2) is 15.7 Å². The first kappa shape index (κ1) is 12.8. The van der Waals surface area contributed by atoms with E-state index in [0.717, 1.165) is 16.6 Å². The first-order valence-corrected chi connectivity index (χ1v) is 7.27. The fraction of sp³-hybridized carbons (Fsp3) is 0.273. The molecule has 3 nitrogen and oxygen atoms in total. The zero-order valence-electron chi connectivity index (χ0n) is 9.04. The lowest BCUT2D eigenvalue weighted by Crippen LogP contribution is -2.22. The number of hydrogen-bond acceptors (Lipinski definition) is 3. The average Bonchev–Trinajstić information content (AvgIpc) is 2.80. The zero-order chi connectivity index (χ0) is 12.4. The second-order valence-electron chi connectivity index (χ2n) is 3.49. The van der Waals surface area contributed by atoms with Gasteiger partial charge in [0.05, 0.1) is 25.7 Å². The van der Waals surface area contributed by atoms with Gasteiger partial charge in [0, 0.05) is 0 Å². The molecule has 2 aromatic rings. The van der Waals surface area contributed by atoms with Crippen molar-refractivity contribution in [3.63, 3.8) is 0 Å². The van der Waals surface area contributed by atoms with E-state index in [-0.39, 0.29) is 10.7 Å². The van der Waals surface area contributed by atoms with Crippen molar-refractivity contribution in [3.05, 3.63) is 22.7 Å². The summed E-state index contributed by atoms with van der Waals surface area (Å²) in [6.07, 6.45) is 0.719. The van der Waals surface area contributed by atoms with Crippen LogP contribution in [0.4, 0.5) is 5.69 Å². The van der Waals surface area contributed by atoms with Crippen molar-refractivity contribution in [2.24, 2.45) is 0 Å². The van der Waals surface area contributed by atoms with E-state index in [1.807, 2.05) is 13.0 Å². The summed E-state index contributed by atoms with van der Waals surface area (Å²) >= 11 is 10.9. The van der Waals surface area contributed by atoms with Crippen LogP contribution in [0.2, 0.25) is 5.02 Å². The molecule has 1 amide bonds. The summed E-state index contributed by atoms with van der Waals surface area (Å²) in [5.41, 5.74) is 3.07. The third-order valence-electron chi connectivity index (χ3n) is 2.34. The number of hydrogen-bond donors (Lipinski definition) is 1. The van der Waals surface area contributed by atoms with Crippen molar-refractivity contribution in [2.45, 2.75) is 18.2 Å². The van der Waals surface area contributed by atoms with Gasteiger partial charge in [0.15, 0.2) is 0 Å². The summed E-state index contributed by atoms with van der Waals surface area (Å²) < 4.78 is 1.01. The van der Waals surface area contributed by atoms with Gasteiger partial charge < -0.3 is 5.32 Å². The highest BCUT2D eigenvalue weighted by atomic mass is 79.9. The smallest absolute Gasteiger partial charge is 0.238 e. The van der Waals surface area contributed by atoms with Gasteiger partial charge in [-0.15, -0.1) is 11.3 Å². The van der Waals surface area contributed by atoms with Crippen LogP contribution in [0.5, 0.6) is 0 Å². The maximum atomic E-state index is 11.8. The van der Waals surface area contributed by atoms with Crippen LogP contribution < -0.4 is 5.32 Å². The van der Waals surface area contributed by atoms with E-state index in [0.29, 0.717) is 10.7 Å². The number of halogens is 2. The lowest BCUT2D eigenvalue weighted by atomic mass is 10.2. The summed E-state index contributed by atoms with van der Waals surface area (Å²) in [6, 6.07) is 3.67. The molecule has 0 spiro atoms. The van der Waals surface area contributed by atoms with Crippen molar-refractivity contribution in [1.82, 2.24) is 4.98 Å². The number of aromatic nitrogens is 1. The van der Waals surface area contributed by atoms with Gasteiger partial charge in [0.2, 0.25) is 5.91 Å². The number of fused-ring (bicyclic) bond motifs is 1. The number of rotatable bonds is 3. The van der Waals surface area contributed by atoms with E-state index in [4.69, 9.17) is 11.6 Å². The van der Waals surface area contributed by atoms with Crippen LogP contribution >= 0.6 is 38.9 Å². The Hall–Kier alpha value is -0.650. The van der Waals surface area contributed by atoms with Crippen molar-refractivity contribution >= 4 is 60.7 Å². The molecule has 6 heteroatoms. The number of nitrogens with one attached hydrogen (secondary N) is 1. The molecule has 2 rings (SSSR count). The van der Waals surface area contributed by atoms with Gasteiger partial charge in [0.25, 0.3) is 0 Å². The molecule has 0 radical (unpaired) electrons. The highest BCUT2D eigenvalue weighted by molar-refractivity contribution is 9.10.